The van der Waals surface area contributed by atoms with Crippen molar-refractivity contribution in [2.45, 2.75) is 17.9 Å². The van der Waals surface area contributed by atoms with Gasteiger partial charge in [0.1, 0.15) is 10.8 Å². The van der Waals surface area contributed by atoms with Crippen LogP contribution in [0, 0.1) is 5.82 Å². The molecule has 0 fully saturated rings. The molecule has 0 aromatic heterocycles. The van der Waals surface area contributed by atoms with E-state index >= 15 is 0 Å². The number of carbonyl (C=O) groups is 1. The number of likely N-dealkylation sites (N-methyl/N-ethyl adjacent to an activating group) is 1. The first-order chi connectivity index (χ1) is 9.56. The van der Waals surface area contributed by atoms with Crippen LogP contribution in [-0.4, -0.2) is 44.4 Å². The summed E-state index contributed by atoms with van der Waals surface area (Å²) in [4.78, 5) is 12.5. The van der Waals surface area contributed by atoms with E-state index in [1.165, 1.54) is 25.9 Å². The van der Waals surface area contributed by atoms with E-state index in [-0.39, 0.29) is 15.4 Å². The number of carbonyl (C=O) groups excluding carboxylic acids is 1. The molecule has 1 atom stereocenters. The first-order valence-electron chi connectivity index (χ1n) is 5.89. The van der Waals surface area contributed by atoms with E-state index in [2.05, 4.69) is 16.9 Å². The van der Waals surface area contributed by atoms with Crippen LogP contribution in [0.2, 0.25) is 0 Å². The zero-order chi connectivity index (χ0) is 16.4. The highest BCUT2D eigenvalue weighted by Gasteiger charge is 2.24. The summed E-state index contributed by atoms with van der Waals surface area (Å²) in [6, 6.07) is 2.11. The Labute approximate surface area is 128 Å². The monoisotopic (exact) mass is 333 g/mol. The highest BCUT2D eigenvalue weighted by Crippen LogP contribution is 2.15. The van der Waals surface area contributed by atoms with E-state index in [4.69, 9.17) is 5.73 Å². The van der Waals surface area contributed by atoms with Crippen molar-refractivity contribution in [3.05, 3.63) is 29.6 Å². The van der Waals surface area contributed by atoms with Gasteiger partial charge in [-0.15, -0.1) is 0 Å². The third-order valence-corrected chi connectivity index (χ3v) is 4.42. The molecule has 1 aromatic rings. The lowest BCUT2D eigenvalue weighted by molar-refractivity contribution is -0.130. The Bertz CT molecular complexity index is 674. The molecule has 1 rings (SSSR count). The molecule has 0 saturated carbocycles. The topological polar surface area (TPSA) is 92.5 Å². The number of thiocarbonyl (C=S) groups is 1. The van der Waals surface area contributed by atoms with Gasteiger partial charge >= 0.3 is 0 Å². The molecule has 21 heavy (non-hydrogen) atoms. The van der Waals surface area contributed by atoms with Gasteiger partial charge in [-0.25, -0.2) is 12.8 Å². The Balaban J connectivity index is 3.12. The van der Waals surface area contributed by atoms with Gasteiger partial charge in [-0.1, -0.05) is 12.2 Å². The fourth-order valence-electron chi connectivity index (χ4n) is 1.60. The van der Waals surface area contributed by atoms with Crippen LogP contribution in [0.15, 0.2) is 23.1 Å². The van der Waals surface area contributed by atoms with Crippen LogP contribution in [-0.2, 0) is 14.8 Å². The number of halogens is 1. The van der Waals surface area contributed by atoms with Crippen molar-refractivity contribution in [1.29, 1.82) is 0 Å². The molecule has 9 heteroatoms. The van der Waals surface area contributed by atoms with Gasteiger partial charge in [-0.3, -0.25) is 4.79 Å². The van der Waals surface area contributed by atoms with Crippen molar-refractivity contribution in [3.8, 4) is 0 Å². The number of rotatable bonds is 5. The number of nitrogens with one attached hydrogen (secondary N) is 1. The normalized spacial score (nSPS) is 12.8. The Hall–Kier alpha value is -1.58. The standard InChI is InChI=1S/C12H16FN3O3S2/c1-7(12(17)16(2)3)15-21(18,19)8-4-5-10(13)9(6-8)11(14)20/h4-7,15H,1-3H3,(H2,14,20). The second kappa shape index (κ2) is 6.46. The lowest BCUT2D eigenvalue weighted by Crippen LogP contribution is -2.44. The van der Waals surface area contributed by atoms with E-state index in [0.29, 0.717) is 0 Å². The quantitative estimate of drug-likeness (QED) is 0.752. The molecular formula is C12H16FN3O3S2. The van der Waals surface area contributed by atoms with Gasteiger partial charge in [0.05, 0.1) is 10.9 Å². The molecule has 0 spiro atoms. The van der Waals surface area contributed by atoms with Crippen molar-refractivity contribution in [1.82, 2.24) is 9.62 Å². The third-order valence-electron chi connectivity index (χ3n) is 2.66. The molecule has 116 valence electrons. The first kappa shape index (κ1) is 17.5. The smallest absolute Gasteiger partial charge is 0.241 e. The highest BCUT2D eigenvalue weighted by molar-refractivity contribution is 7.89. The fourth-order valence-corrected chi connectivity index (χ4v) is 2.98. The van der Waals surface area contributed by atoms with Crippen LogP contribution in [0.4, 0.5) is 4.39 Å². The van der Waals surface area contributed by atoms with Crippen molar-refractivity contribution < 1.29 is 17.6 Å². The minimum atomic E-state index is -3.99. The average molecular weight is 333 g/mol. The molecule has 6 nitrogen and oxygen atoms in total. The summed E-state index contributed by atoms with van der Waals surface area (Å²) in [7, 11) is -0.970. The first-order valence-corrected chi connectivity index (χ1v) is 7.78. The Kier molecular flexibility index (Phi) is 5.37. The summed E-state index contributed by atoms with van der Waals surface area (Å²) in [6.45, 7) is 1.41. The van der Waals surface area contributed by atoms with Gasteiger partial charge in [-0.2, -0.15) is 4.72 Å². The summed E-state index contributed by atoms with van der Waals surface area (Å²) in [5.41, 5.74) is 5.16. The number of benzene rings is 1. The van der Waals surface area contributed by atoms with E-state index in [1.54, 1.807) is 0 Å². The number of hydrogen-bond acceptors (Lipinski definition) is 4. The van der Waals surface area contributed by atoms with E-state index in [9.17, 15) is 17.6 Å². The molecule has 0 aliphatic heterocycles. The number of nitrogens with two attached hydrogens (primary N) is 1. The van der Waals surface area contributed by atoms with Gasteiger partial charge in [0.2, 0.25) is 15.9 Å². The Morgan fingerprint density at radius 2 is 2.00 bits per heavy atom. The number of nitrogens with zero attached hydrogens (tertiary/aromatic N) is 1. The molecule has 0 bridgehead atoms. The van der Waals surface area contributed by atoms with Crippen molar-refractivity contribution in [2.24, 2.45) is 5.73 Å². The van der Waals surface area contributed by atoms with E-state index in [1.807, 2.05) is 0 Å². The molecule has 0 radical (unpaired) electrons. The predicted octanol–water partition coefficient (Wildman–Crippen LogP) is 0.215. The molecule has 0 aliphatic rings. The number of sulfonamides is 1. The van der Waals surface area contributed by atoms with E-state index < -0.39 is 27.8 Å². The van der Waals surface area contributed by atoms with Crippen LogP contribution < -0.4 is 10.5 Å². The fraction of sp³-hybridized carbons (Fsp3) is 0.333. The second-order valence-corrected chi connectivity index (χ2v) is 6.74. The molecule has 0 aliphatic carbocycles. The maximum absolute atomic E-state index is 13.5. The molecular weight excluding hydrogens is 317 g/mol. The Morgan fingerprint density at radius 3 is 2.48 bits per heavy atom. The van der Waals surface area contributed by atoms with Crippen LogP contribution in [0.5, 0.6) is 0 Å². The van der Waals surface area contributed by atoms with Crippen molar-refractivity contribution >= 4 is 33.1 Å². The van der Waals surface area contributed by atoms with E-state index in [0.717, 1.165) is 18.2 Å². The summed E-state index contributed by atoms with van der Waals surface area (Å²) in [5.74, 6) is -1.12. The Morgan fingerprint density at radius 1 is 1.43 bits per heavy atom. The van der Waals surface area contributed by atoms with Crippen LogP contribution in [0.1, 0.15) is 12.5 Å². The maximum atomic E-state index is 13.5. The molecule has 1 aromatic carbocycles. The van der Waals surface area contributed by atoms with Gasteiger partial charge in [-0.05, 0) is 25.1 Å². The van der Waals surface area contributed by atoms with Gasteiger partial charge in [0.25, 0.3) is 0 Å². The summed E-state index contributed by atoms with van der Waals surface area (Å²) in [5, 5.41) is 0. The molecule has 1 unspecified atom stereocenters. The minimum Gasteiger partial charge on any atom is -0.389 e. The van der Waals surface area contributed by atoms with Crippen LogP contribution in [0.3, 0.4) is 0 Å². The number of hydrogen-bond donors (Lipinski definition) is 2. The summed E-state index contributed by atoms with van der Waals surface area (Å²) >= 11 is 4.66. The SMILES string of the molecule is CC(NS(=O)(=O)c1ccc(F)c(C(N)=S)c1)C(=O)N(C)C. The zero-order valence-electron chi connectivity index (χ0n) is 11.8. The lowest BCUT2D eigenvalue weighted by atomic mass is 10.2. The lowest BCUT2D eigenvalue weighted by Gasteiger charge is -2.18. The second-order valence-electron chi connectivity index (χ2n) is 4.58. The molecule has 3 N–H and O–H groups in total. The average Bonchev–Trinajstić information content (AvgIpc) is 2.36. The minimum absolute atomic E-state index is 0.167. The van der Waals surface area contributed by atoms with Crippen molar-refractivity contribution in [2.75, 3.05) is 14.1 Å². The maximum Gasteiger partial charge on any atom is 0.241 e. The van der Waals surface area contributed by atoms with Gasteiger partial charge in [0.15, 0.2) is 0 Å². The summed E-state index contributed by atoms with van der Waals surface area (Å²) in [6.07, 6.45) is 0. The third kappa shape index (κ3) is 4.19. The number of amides is 1. The van der Waals surface area contributed by atoms with Crippen molar-refractivity contribution in [3.63, 3.8) is 0 Å². The largest absolute Gasteiger partial charge is 0.389 e. The van der Waals surface area contributed by atoms with Crippen LogP contribution in [0.25, 0.3) is 0 Å². The van der Waals surface area contributed by atoms with Gasteiger partial charge in [0, 0.05) is 19.7 Å². The predicted molar refractivity (Wildman–Crippen MR) is 80.8 cm³/mol. The zero-order valence-corrected chi connectivity index (χ0v) is 13.4. The molecule has 0 heterocycles. The summed E-state index contributed by atoms with van der Waals surface area (Å²) < 4.78 is 40.0. The highest BCUT2D eigenvalue weighted by atomic mass is 32.2. The van der Waals surface area contributed by atoms with Crippen LogP contribution >= 0.6 is 12.2 Å². The molecule has 1 amide bonds. The van der Waals surface area contributed by atoms with Gasteiger partial charge < -0.3 is 10.6 Å². The molecule has 0 saturated heterocycles.